The maximum Gasteiger partial charge on any atom is 0.0375 e. The smallest absolute Gasteiger partial charge is 0.0375 e. The van der Waals surface area contributed by atoms with Crippen LogP contribution < -0.4 is 5.32 Å². The van der Waals surface area contributed by atoms with Crippen LogP contribution in [-0.4, -0.2) is 31.1 Å². The summed E-state index contributed by atoms with van der Waals surface area (Å²) in [6.07, 6.45) is 1.21. The number of hydrogen-bond acceptors (Lipinski definition) is 2. The lowest BCUT2D eigenvalue weighted by Crippen LogP contribution is -2.46. The fraction of sp³-hybridized carbons (Fsp3) is 0.600. The zero-order valence-corrected chi connectivity index (χ0v) is 14.8. The van der Waals surface area contributed by atoms with Gasteiger partial charge in [-0.25, -0.2) is 0 Å². The molecule has 0 amide bonds. The van der Waals surface area contributed by atoms with Crippen LogP contribution in [0.25, 0.3) is 0 Å². The predicted molar refractivity (Wildman–Crippen MR) is 88.5 cm³/mol. The molecule has 1 N–H and O–H groups in total. The van der Waals surface area contributed by atoms with Crippen molar-refractivity contribution < 1.29 is 0 Å². The average molecular weight is 390 g/mol. The predicted octanol–water partition coefficient (Wildman–Crippen LogP) is 4.20. The Morgan fingerprint density at radius 1 is 1.21 bits per heavy atom. The molecular weight excluding hydrogens is 368 g/mol. The number of halogens is 2. The highest BCUT2D eigenvalue weighted by Gasteiger charge is 2.26. The lowest BCUT2D eigenvalue weighted by molar-refractivity contribution is 0.128. The molecule has 19 heavy (non-hydrogen) atoms. The fourth-order valence-corrected chi connectivity index (χ4v) is 3.42. The first kappa shape index (κ1) is 15.5. The lowest BCUT2D eigenvalue weighted by Gasteiger charge is -2.38. The monoisotopic (exact) mass is 388 g/mol. The second-order valence-corrected chi connectivity index (χ2v) is 7.00. The third kappa shape index (κ3) is 3.81. The van der Waals surface area contributed by atoms with Crippen molar-refractivity contribution in [2.24, 2.45) is 5.92 Å². The molecule has 106 valence electrons. The van der Waals surface area contributed by atoms with Crippen LogP contribution in [0.5, 0.6) is 0 Å². The number of nitrogens with zero attached hydrogens (tertiary/aromatic N) is 1. The first-order valence-corrected chi connectivity index (χ1v) is 8.61. The van der Waals surface area contributed by atoms with E-state index in [4.69, 9.17) is 0 Å². The van der Waals surface area contributed by atoms with E-state index in [-0.39, 0.29) is 0 Å². The number of nitrogens with one attached hydrogen (secondary N) is 1. The summed E-state index contributed by atoms with van der Waals surface area (Å²) in [5, 5.41) is 3.44. The maximum atomic E-state index is 3.63. The van der Waals surface area contributed by atoms with Gasteiger partial charge in [0.15, 0.2) is 0 Å². The van der Waals surface area contributed by atoms with Gasteiger partial charge in [0.05, 0.1) is 0 Å². The van der Waals surface area contributed by atoms with Gasteiger partial charge in [-0.1, -0.05) is 26.3 Å². The minimum Gasteiger partial charge on any atom is -0.314 e. The van der Waals surface area contributed by atoms with Gasteiger partial charge in [0.25, 0.3) is 0 Å². The summed E-state index contributed by atoms with van der Waals surface area (Å²) in [7, 11) is 0. The zero-order chi connectivity index (χ0) is 13.8. The second kappa shape index (κ2) is 7.21. The van der Waals surface area contributed by atoms with E-state index in [1.807, 2.05) is 0 Å². The van der Waals surface area contributed by atoms with Crippen LogP contribution in [0.4, 0.5) is 0 Å². The van der Waals surface area contributed by atoms with Crippen LogP contribution in [0.3, 0.4) is 0 Å². The molecule has 0 aromatic heterocycles. The van der Waals surface area contributed by atoms with Gasteiger partial charge in [0.2, 0.25) is 0 Å². The first-order chi connectivity index (χ1) is 9.13. The zero-order valence-electron chi connectivity index (χ0n) is 11.6. The molecule has 0 saturated carbocycles. The number of benzene rings is 1. The van der Waals surface area contributed by atoms with Crippen molar-refractivity contribution >= 4 is 31.9 Å². The summed E-state index contributed by atoms with van der Waals surface area (Å²) in [5.74, 6) is 0.672. The van der Waals surface area contributed by atoms with Crippen molar-refractivity contribution in [3.05, 3.63) is 32.7 Å². The summed E-state index contributed by atoms with van der Waals surface area (Å²) in [5.41, 5.74) is 1.42. The van der Waals surface area contributed by atoms with Crippen molar-refractivity contribution in [1.29, 1.82) is 0 Å². The number of rotatable bonds is 4. The SMILES string of the molecule is CCC(C)[C@@H](c1ccc(Br)c(Br)c1)N1CCNCC1. The van der Waals surface area contributed by atoms with Gasteiger partial charge >= 0.3 is 0 Å². The van der Waals surface area contributed by atoms with Gasteiger partial charge in [-0.15, -0.1) is 0 Å². The highest BCUT2D eigenvalue weighted by molar-refractivity contribution is 9.13. The Labute approximate surface area is 133 Å². The Hall–Kier alpha value is 0.1000. The molecule has 2 nitrogen and oxygen atoms in total. The maximum absolute atomic E-state index is 3.63. The molecule has 1 aliphatic rings. The van der Waals surface area contributed by atoms with Gasteiger partial charge in [-0.05, 0) is 55.5 Å². The summed E-state index contributed by atoms with van der Waals surface area (Å²) < 4.78 is 2.27. The van der Waals surface area contributed by atoms with E-state index >= 15 is 0 Å². The largest absolute Gasteiger partial charge is 0.314 e. The third-order valence-corrected chi connectivity index (χ3v) is 5.89. The molecule has 4 heteroatoms. The molecule has 1 aromatic rings. The van der Waals surface area contributed by atoms with Crippen LogP contribution in [0, 0.1) is 5.92 Å². The number of hydrogen-bond donors (Lipinski definition) is 1. The normalized spacial score (nSPS) is 20.2. The van der Waals surface area contributed by atoms with Crippen molar-refractivity contribution in [3.8, 4) is 0 Å². The second-order valence-electron chi connectivity index (χ2n) is 5.29. The highest BCUT2D eigenvalue weighted by atomic mass is 79.9. The molecule has 1 heterocycles. The Bertz CT molecular complexity index is 417. The summed E-state index contributed by atoms with van der Waals surface area (Å²) in [6.45, 7) is 9.14. The van der Waals surface area contributed by atoms with Gasteiger partial charge in [-0.3, -0.25) is 4.90 Å². The topological polar surface area (TPSA) is 15.3 Å². The fourth-order valence-electron chi connectivity index (χ4n) is 2.78. The minimum atomic E-state index is 0.525. The minimum absolute atomic E-state index is 0.525. The van der Waals surface area contributed by atoms with Gasteiger partial charge < -0.3 is 5.32 Å². The van der Waals surface area contributed by atoms with Gasteiger partial charge in [0, 0.05) is 41.2 Å². The molecule has 0 bridgehead atoms. The van der Waals surface area contributed by atoms with E-state index in [2.05, 4.69) is 74.1 Å². The molecule has 2 atom stereocenters. The molecule has 0 radical (unpaired) electrons. The van der Waals surface area contributed by atoms with E-state index in [9.17, 15) is 0 Å². The van der Waals surface area contributed by atoms with Gasteiger partial charge in [-0.2, -0.15) is 0 Å². The van der Waals surface area contributed by atoms with Crippen LogP contribution in [0.1, 0.15) is 31.9 Å². The Kier molecular flexibility index (Phi) is 5.87. The van der Waals surface area contributed by atoms with Crippen molar-refractivity contribution in [1.82, 2.24) is 10.2 Å². The summed E-state index contributed by atoms with van der Waals surface area (Å²) >= 11 is 7.19. The van der Waals surface area contributed by atoms with Crippen LogP contribution in [0.2, 0.25) is 0 Å². The third-order valence-electron chi connectivity index (χ3n) is 4.01. The molecule has 0 spiro atoms. The van der Waals surface area contributed by atoms with E-state index in [0.717, 1.165) is 35.1 Å². The van der Waals surface area contributed by atoms with Crippen LogP contribution in [0.15, 0.2) is 27.1 Å². The molecule has 1 aromatic carbocycles. The van der Waals surface area contributed by atoms with E-state index in [1.54, 1.807) is 0 Å². The lowest BCUT2D eigenvalue weighted by atomic mass is 9.90. The molecule has 1 unspecified atom stereocenters. The average Bonchev–Trinajstić information content (AvgIpc) is 2.44. The Balaban J connectivity index is 2.27. The van der Waals surface area contributed by atoms with E-state index < -0.39 is 0 Å². The van der Waals surface area contributed by atoms with Crippen LogP contribution in [-0.2, 0) is 0 Å². The standard InChI is InChI=1S/C15H22Br2N2/c1-3-11(2)15(19-8-6-18-7-9-19)12-4-5-13(16)14(17)10-12/h4-5,10-11,15,18H,3,6-9H2,1-2H3/t11?,15-/m0/s1. The molecule has 1 saturated heterocycles. The van der Waals surface area contributed by atoms with E-state index in [0.29, 0.717) is 12.0 Å². The molecule has 1 fully saturated rings. The molecule has 0 aliphatic carbocycles. The molecular formula is C15H22Br2N2. The van der Waals surface area contributed by atoms with Crippen molar-refractivity contribution in [2.45, 2.75) is 26.3 Å². The first-order valence-electron chi connectivity index (χ1n) is 7.03. The molecule has 1 aliphatic heterocycles. The van der Waals surface area contributed by atoms with Crippen molar-refractivity contribution in [3.63, 3.8) is 0 Å². The Morgan fingerprint density at radius 2 is 1.89 bits per heavy atom. The quantitative estimate of drug-likeness (QED) is 0.829. The molecule has 2 rings (SSSR count). The van der Waals surface area contributed by atoms with Gasteiger partial charge in [0.1, 0.15) is 0 Å². The number of piperazine rings is 1. The van der Waals surface area contributed by atoms with Crippen LogP contribution >= 0.6 is 31.9 Å². The summed E-state index contributed by atoms with van der Waals surface area (Å²) in [6, 6.07) is 7.20. The summed E-state index contributed by atoms with van der Waals surface area (Å²) in [4.78, 5) is 2.63. The Morgan fingerprint density at radius 3 is 2.47 bits per heavy atom. The van der Waals surface area contributed by atoms with Crippen molar-refractivity contribution in [2.75, 3.05) is 26.2 Å². The van der Waals surface area contributed by atoms with E-state index in [1.165, 1.54) is 12.0 Å². The highest BCUT2D eigenvalue weighted by Crippen LogP contribution is 2.34.